The Hall–Kier alpha value is -1.41. The highest BCUT2D eigenvalue weighted by molar-refractivity contribution is 5.20. The summed E-state index contributed by atoms with van der Waals surface area (Å²) in [5, 5.41) is 9.52. The van der Waals surface area contributed by atoms with Gasteiger partial charge in [0.15, 0.2) is 5.79 Å². The average molecular weight is 300 g/mol. The molecule has 1 saturated carbocycles. The van der Waals surface area contributed by atoms with Crippen molar-refractivity contribution in [2.45, 2.75) is 42.9 Å². The minimum Gasteiger partial charge on any atom is -0.349 e. The first-order valence-electron chi connectivity index (χ1n) is 8.01. The van der Waals surface area contributed by atoms with Crippen molar-refractivity contribution in [3.05, 3.63) is 35.9 Å². The first kappa shape index (κ1) is 15.5. The molecule has 0 N–H and O–H groups in total. The first-order chi connectivity index (χ1) is 10.6. The monoisotopic (exact) mass is 300 g/mol. The predicted octanol–water partition coefficient (Wildman–Crippen LogP) is 2.91. The fraction of sp³-hybridized carbons (Fsp3) is 0.611. The van der Waals surface area contributed by atoms with Gasteiger partial charge in [-0.25, -0.2) is 0 Å². The summed E-state index contributed by atoms with van der Waals surface area (Å²) in [5.74, 6) is -0.162. The topological polar surface area (TPSA) is 45.5 Å². The van der Waals surface area contributed by atoms with Crippen LogP contribution in [0.4, 0.5) is 0 Å². The van der Waals surface area contributed by atoms with Crippen molar-refractivity contribution in [1.82, 2.24) is 4.90 Å². The molecule has 118 valence electrons. The smallest absolute Gasteiger partial charge is 0.168 e. The molecule has 1 aromatic carbocycles. The third-order valence-electron chi connectivity index (χ3n) is 5.27. The van der Waals surface area contributed by atoms with Gasteiger partial charge in [0.05, 0.1) is 19.3 Å². The maximum Gasteiger partial charge on any atom is 0.168 e. The van der Waals surface area contributed by atoms with Crippen LogP contribution in [0.15, 0.2) is 30.3 Å². The Labute approximate surface area is 132 Å². The molecule has 0 amide bonds. The zero-order valence-electron chi connectivity index (χ0n) is 13.4. The molecule has 0 aromatic heterocycles. The van der Waals surface area contributed by atoms with Gasteiger partial charge in [-0.2, -0.15) is 5.26 Å². The molecule has 1 aliphatic carbocycles. The van der Waals surface area contributed by atoms with E-state index in [9.17, 15) is 5.26 Å². The molecule has 0 radical (unpaired) electrons. The Morgan fingerprint density at radius 2 is 1.64 bits per heavy atom. The number of rotatable bonds is 2. The van der Waals surface area contributed by atoms with Crippen LogP contribution >= 0.6 is 0 Å². The molecule has 3 rings (SSSR count). The summed E-state index contributed by atoms with van der Waals surface area (Å²) in [6, 6.07) is 12.9. The molecule has 0 unspecified atom stereocenters. The van der Waals surface area contributed by atoms with Gasteiger partial charge in [0.2, 0.25) is 0 Å². The number of benzene rings is 1. The molecular weight excluding hydrogens is 276 g/mol. The maximum absolute atomic E-state index is 9.52. The summed E-state index contributed by atoms with van der Waals surface area (Å²) in [6.45, 7) is 1.40. The molecule has 4 heteroatoms. The Morgan fingerprint density at radius 1 is 1.05 bits per heavy atom. The number of hydrogen-bond acceptors (Lipinski definition) is 4. The lowest BCUT2D eigenvalue weighted by molar-refractivity contribution is -0.291. The molecule has 1 saturated heterocycles. The highest BCUT2D eigenvalue weighted by Gasteiger charge is 2.47. The standard InChI is InChI=1S/C18H24N2O2/c1-20(2)17(14-19)8-10-18(11-9-17)21-12-16(13-22-18)15-6-4-3-5-7-15/h3-7,16H,8-13H2,1-2H3. The van der Waals surface area contributed by atoms with Crippen molar-refractivity contribution in [1.29, 1.82) is 5.26 Å². The fourth-order valence-electron chi connectivity index (χ4n) is 3.50. The van der Waals surface area contributed by atoms with Crippen LogP contribution in [0, 0.1) is 11.3 Å². The van der Waals surface area contributed by atoms with E-state index in [0.717, 1.165) is 25.7 Å². The molecule has 4 nitrogen and oxygen atoms in total. The van der Waals surface area contributed by atoms with Gasteiger partial charge in [-0.05, 0) is 32.5 Å². The predicted molar refractivity (Wildman–Crippen MR) is 84.3 cm³/mol. The van der Waals surface area contributed by atoms with E-state index in [-0.39, 0.29) is 5.54 Å². The van der Waals surface area contributed by atoms with E-state index in [1.165, 1.54) is 5.56 Å². The Kier molecular flexibility index (Phi) is 4.22. The highest BCUT2D eigenvalue weighted by Crippen LogP contribution is 2.43. The zero-order valence-corrected chi connectivity index (χ0v) is 13.4. The molecule has 2 aliphatic rings. The van der Waals surface area contributed by atoms with E-state index < -0.39 is 5.79 Å². The quantitative estimate of drug-likeness (QED) is 0.842. The van der Waals surface area contributed by atoms with Gasteiger partial charge in [-0.1, -0.05) is 30.3 Å². The summed E-state index contributed by atoms with van der Waals surface area (Å²) in [5.41, 5.74) is 0.904. The van der Waals surface area contributed by atoms with E-state index in [0.29, 0.717) is 19.1 Å². The molecule has 22 heavy (non-hydrogen) atoms. The second-order valence-corrected chi connectivity index (χ2v) is 6.68. The third-order valence-corrected chi connectivity index (χ3v) is 5.27. The second-order valence-electron chi connectivity index (χ2n) is 6.68. The van der Waals surface area contributed by atoms with Crippen molar-refractivity contribution in [2.24, 2.45) is 0 Å². The van der Waals surface area contributed by atoms with Gasteiger partial charge in [0.1, 0.15) is 5.54 Å². The SMILES string of the molecule is CN(C)C1(C#N)CCC2(CC1)OCC(c1ccccc1)CO2. The van der Waals surface area contributed by atoms with Gasteiger partial charge in [-0.15, -0.1) is 0 Å². The summed E-state index contributed by atoms with van der Waals surface area (Å²) in [6.07, 6.45) is 3.18. The van der Waals surface area contributed by atoms with E-state index in [1.807, 2.05) is 25.1 Å². The van der Waals surface area contributed by atoms with Crippen molar-refractivity contribution in [3.8, 4) is 6.07 Å². The molecule has 1 spiro atoms. The third kappa shape index (κ3) is 2.77. The summed E-state index contributed by atoms with van der Waals surface area (Å²) < 4.78 is 12.3. The molecular formula is C18H24N2O2. The summed E-state index contributed by atoms with van der Waals surface area (Å²) >= 11 is 0. The minimum absolute atomic E-state index is 0.309. The molecule has 1 aromatic rings. The molecule has 2 fully saturated rings. The van der Waals surface area contributed by atoms with Crippen LogP contribution in [0.3, 0.4) is 0 Å². The number of nitriles is 1. The molecule has 0 atom stereocenters. The lowest BCUT2D eigenvalue weighted by atomic mass is 9.78. The van der Waals surface area contributed by atoms with Crippen LogP contribution in [0.25, 0.3) is 0 Å². The van der Waals surface area contributed by atoms with Crippen LogP contribution in [-0.4, -0.2) is 43.5 Å². The Morgan fingerprint density at radius 3 is 2.14 bits per heavy atom. The molecule has 0 bridgehead atoms. The van der Waals surface area contributed by atoms with Crippen molar-refractivity contribution < 1.29 is 9.47 Å². The highest BCUT2D eigenvalue weighted by atomic mass is 16.7. The number of nitrogens with zero attached hydrogens (tertiary/aromatic N) is 2. The van der Waals surface area contributed by atoms with Crippen molar-refractivity contribution in [2.75, 3.05) is 27.3 Å². The van der Waals surface area contributed by atoms with Crippen LogP contribution in [0.1, 0.15) is 37.2 Å². The van der Waals surface area contributed by atoms with E-state index in [2.05, 4.69) is 30.3 Å². The first-order valence-corrected chi connectivity index (χ1v) is 8.01. The number of ether oxygens (including phenoxy) is 2. The second kappa shape index (κ2) is 6.00. The van der Waals surface area contributed by atoms with Gasteiger partial charge in [-0.3, -0.25) is 4.90 Å². The molecule has 1 heterocycles. The Bertz CT molecular complexity index is 532. The normalized spacial score (nSPS) is 35.5. The minimum atomic E-state index is -0.471. The van der Waals surface area contributed by atoms with Gasteiger partial charge < -0.3 is 9.47 Å². The summed E-state index contributed by atoms with van der Waals surface area (Å²) in [4.78, 5) is 2.04. The average Bonchev–Trinajstić information content (AvgIpc) is 2.57. The van der Waals surface area contributed by atoms with E-state index in [4.69, 9.17) is 9.47 Å². The summed E-state index contributed by atoms with van der Waals surface area (Å²) in [7, 11) is 3.96. The Balaban J connectivity index is 1.62. The zero-order chi connectivity index (χ0) is 15.6. The van der Waals surface area contributed by atoms with Crippen LogP contribution < -0.4 is 0 Å². The van der Waals surface area contributed by atoms with Crippen LogP contribution in [-0.2, 0) is 9.47 Å². The number of hydrogen-bond donors (Lipinski definition) is 0. The lowest BCUT2D eigenvalue weighted by Crippen LogP contribution is -2.54. The fourth-order valence-corrected chi connectivity index (χ4v) is 3.50. The largest absolute Gasteiger partial charge is 0.349 e. The lowest BCUT2D eigenvalue weighted by Gasteiger charge is -2.48. The van der Waals surface area contributed by atoms with Crippen molar-refractivity contribution >= 4 is 0 Å². The van der Waals surface area contributed by atoms with E-state index in [1.54, 1.807) is 0 Å². The molecule has 1 aliphatic heterocycles. The van der Waals surface area contributed by atoms with Gasteiger partial charge in [0.25, 0.3) is 0 Å². The maximum atomic E-state index is 9.52. The van der Waals surface area contributed by atoms with E-state index >= 15 is 0 Å². The van der Waals surface area contributed by atoms with Crippen LogP contribution in [0.2, 0.25) is 0 Å². The van der Waals surface area contributed by atoms with Gasteiger partial charge >= 0.3 is 0 Å². The van der Waals surface area contributed by atoms with Crippen LogP contribution in [0.5, 0.6) is 0 Å². The van der Waals surface area contributed by atoms with Crippen molar-refractivity contribution in [3.63, 3.8) is 0 Å². The van der Waals surface area contributed by atoms with Gasteiger partial charge in [0, 0.05) is 18.8 Å².